The van der Waals surface area contributed by atoms with Gasteiger partial charge in [-0.15, -0.1) is 0 Å². The number of phosphoric ester groups is 1. The van der Waals surface area contributed by atoms with Crippen LogP contribution in [0.3, 0.4) is 0 Å². The average molecular weight is 668 g/mol. The van der Waals surface area contributed by atoms with Crippen LogP contribution >= 0.6 is 7.82 Å². The van der Waals surface area contributed by atoms with Gasteiger partial charge < -0.3 is 20.1 Å². The number of unbranched alkanes of at least 4 members (excludes halogenated alkanes) is 8. The van der Waals surface area contributed by atoms with E-state index in [4.69, 9.17) is 24.3 Å². The highest BCUT2D eigenvalue weighted by Crippen LogP contribution is 2.43. The van der Waals surface area contributed by atoms with Crippen LogP contribution in [-0.2, 0) is 32.7 Å². The Morgan fingerprint density at radius 1 is 0.674 bits per heavy atom. The van der Waals surface area contributed by atoms with E-state index in [1.807, 2.05) is 12.2 Å². The zero-order valence-corrected chi connectivity index (χ0v) is 29.4. The number of nitrogens with two attached hydrogens (primary N) is 1. The molecule has 0 aliphatic carbocycles. The van der Waals surface area contributed by atoms with Crippen LogP contribution in [0.15, 0.2) is 60.8 Å². The van der Waals surface area contributed by atoms with E-state index in [0.717, 1.165) is 64.2 Å². The highest BCUT2D eigenvalue weighted by Gasteiger charge is 2.25. The average Bonchev–Trinajstić information content (AvgIpc) is 3.04. The number of allylic oxidation sites excluding steroid dienone is 10. The molecule has 46 heavy (non-hydrogen) atoms. The summed E-state index contributed by atoms with van der Waals surface area (Å²) in [6.07, 6.45) is 35.6. The highest BCUT2D eigenvalue weighted by molar-refractivity contribution is 7.47. The third-order valence-corrected chi connectivity index (χ3v) is 7.64. The molecule has 0 aliphatic heterocycles. The number of hydrogen-bond acceptors (Lipinski definition) is 8. The van der Waals surface area contributed by atoms with Crippen LogP contribution in [0.25, 0.3) is 0 Å². The van der Waals surface area contributed by atoms with Crippen LogP contribution in [0.5, 0.6) is 0 Å². The fourth-order valence-corrected chi connectivity index (χ4v) is 4.88. The number of esters is 2. The summed E-state index contributed by atoms with van der Waals surface area (Å²) in [6, 6.07) is 0. The molecule has 264 valence electrons. The van der Waals surface area contributed by atoms with Crippen molar-refractivity contribution in [1.29, 1.82) is 0 Å². The minimum atomic E-state index is -4.39. The van der Waals surface area contributed by atoms with Crippen molar-refractivity contribution in [2.45, 2.75) is 129 Å². The number of hydrogen-bond donors (Lipinski definition) is 2. The second-order valence-electron chi connectivity index (χ2n) is 11.0. The van der Waals surface area contributed by atoms with E-state index in [0.29, 0.717) is 12.8 Å². The predicted molar refractivity (Wildman–Crippen MR) is 187 cm³/mol. The standard InChI is InChI=1S/C36H62NO8P/c1-3-5-7-9-11-13-15-17-19-21-23-25-27-29-36(39)45-34(33-44-46(40,41)43-31-30-37)32-42-35(38)28-26-24-22-20-18-16-14-12-10-8-6-4-2/h5,7,11-14,17,19,23,25,34H,3-4,6,8-10,15-16,18,20-22,24,26-33,37H2,1-2H3,(H,40,41)/b7-5-,13-11-,14-12-,19-17-,25-23-. The first-order valence-corrected chi connectivity index (χ1v) is 18.8. The molecular formula is C36H62NO8P. The molecule has 0 aromatic rings. The normalized spacial score (nSPS) is 14.3. The number of carbonyl (C=O) groups excluding carboxylic acids is 2. The van der Waals surface area contributed by atoms with Gasteiger partial charge in [-0.25, -0.2) is 4.57 Å². The van der Waals surface area contributed by atoms with Crippen LogP contribution < -0.4 is 5.73 Å². The van der Waals surface area contributed by atoms with Gasteiger partial charge >= 0.3 is 19.8 Å². The van der Waals surface area contributed by atoms with Crippen LogP contribution in [-0.4, -0.2) is 49.3 Å². The van der Waals surface area contributed by atoms with Gasteiger partial charge in [0.05, 0.1) is 13.2 Å². The number of rotatable bonds is 31. The van der Waals surface area contributed by atoms with Gasteiger partial charge in [0.25, 0.3) is 0 Å². The van der Waals surface area contributed by atoms with Crippen LogP contribution in [0.1, 0.15) is 123 Å². The Kier molecular flexibility index (Phi) is 31.0. The molecule has 10 heteroatoms. The maximum absolute atomic E-state index is 12.4. The van der Waals surface area contributed by atoms with Gasteiger partial charge in [0.15, 0.2) is 6.10 Å². The number of ether oxygens (including phenoxy) is 2. The van der Waals surface area contributed by atoms with E-state index < -0.39 is 32.5 Å². The third kappa shape index (κ3) is 31.7. The Labute approximate surface area is 279 Å². The quantitative estimate of drug-likeness (QED) is 0.0321. The van der Waals surface area contributed by atoms with Crippen molar-refractivity contribution in [3.05, 3.63) is 60.8 Å². The predicted octanol–water partition coefficient (Wildman–Crippen LogP) is 8.99. The number of carbonyl (C=O) groups is 2. The van der Waals surface area contributed by atoms with E-state index in [1.54, 1.807) is 0 Å². The van der Waals surface area contributed by atoms with Gasteiger partial charge in [-0.1, -0.05) is 107 Å². The fraction of sp³-hybridized carbons (Fsp3) is 0.667. The first-order valence-electron chi connectivity index (χ1n) is 17.3. The maximum atomic E-state index is 12.4. The van der Waals surface area contributed by atoms with Crippen molar-refractivity contribution in [3.8, 4) is 0 Å². The lowest BCUT2D eigenvalue weighted by molar-refractivity contribution is -0.161. The monoisotopic (exact) mass is 667 g/mol. The molecule has 2 atom stereocenters. The first kappa shape index (κ1) is 43.7. The van der Waals surface area contributed by atoms with E-state index in [9.17, 15) is 19.0 Å². The molecule has 3 N–H and O–H groups in total. The second kappa shape index (κ2) is 32.6. The van der Waals surface area contributed by atoms with Gasteiger partial charge in [0, 0.05) is 19.4 Å². The Hall–Kier alpha value is -2.29. The largest absolute Gasteiger partial charge is 0.472 e. The molecule has 0 amide bonds. The Morgan fingerprint density at radius 3 is 1.87 bits per heavy atom. The minimum Gasteiger partial charge on any atom is -0.462 e. The molecule has 0 fully saturated rings. The summed E-state index contributed by atoms with van der Waals surface area (Å²) in [7, 11) is -4.39. The summed E-state index contributed by atoms with van der Waals surface area (Å²) in [5.41, 5.74) is 5.31. The fourth-order valence-electron chi connectivity index (χ4n) is 4.11. The van der Waals surface area contributed by atoms with Crippen LogP contribution in [0, 0.1) is 0 Å². The summed E-state index contributed by atoms with van der Waals surface area (Å²) in [4.78, 5) is 34.5. The molecule has 0 rings (SSSR count). The zero-order chi connectivity index (χ0) is 34.0. The van der Waals surface area contributed by atoms with E-state index in [-0.39, 0.29) is 32.6 Å². The van der Waals surface area contributed by atoms with Crippen LogP contribution in [0.4, 0.5) is 0 Å². The molecule has 0 aliphatic rings. The van der Waals surface area contributed by atoms with Gasteiger partial charge in [0.2, 0.25) is 0 Å². The summed E-state index contributed by atoms with van der Waals surface area (Å²) >= 11 is 0. The highest BCUT2D eigenvalue weighted by atomic mass is 31.2. The Balaban J connectivity index is 4.43. The SMILES string of the molecule is CC/C=C\C/C=C\C/C=C\C/C=C\CCC(=O)OC(COC(=O)CCCCCCC/C=C\CCCCC)COP(=O)(O)OCCN. The van der Waals surface area contributed by atoms with E-state index in [2.05, 4.69) is 62.5 Å². The summed E-state index contributed by atoms with van der Waals surface area (Å²) < 4.78 is 32.4. The van der Waals surface area contributed by atoms with Crippen molar-refractivity contribution in [2.24, 2.45) is 5.73 Å². The molecule has 2 unspecified atom stereocenters. The lowest BCUT2D eigenvalue weighted by Crippen LogP contribution is -2.29. The lowest BCUT2D eigenvalue weighted by atomic mass is 10.1. The lowest BCUT2D eigenvalue weighted by Gasteiger charge is -2.19. The summed E-state index contributed by atoms with van der Waals surface area (Å²) in [5, 5.41) is 0. The minimum absolute atomic E-state index is 0.0391. The molecule has 0 bridgehead atoms. The van der Waals surface area contributed by atoms with Gasteiger partial charge in [-0.05, 0) is 64.2 Å². The van der Waals surface area contributed by atoms with Crippen molar-refractivity contribution in [1.82, 2.24) is 0 Å². The van der Waals surface area contributed by atoms with Gasteiger partial charge in [0.1, 0.15) is 6.61 Å². The van der Waals surface area contributed by atoms with Crippen molar-refractivity contribution in [2.75, 3.05) is 26.4 Å². The smallest absolute Gasteiger partial charge is 0.462 e. The van der Waals surface area contributed by atoms with Crippen molar-refractivity contribution >= 4 is 19.8 Å². The molecule has 0 radical (unpaired) electrons. The molecule has 0 saturated carbocycles. The third-order valence-electron chi connectivity index (χ3n) is 6.65. The first-order chi connectivity index (χ1) is 22.3. The topological polar surface area (TPSA) is 134 Å². The number of phosphoric acid groups is 1. The molecule has 0 aromatic carbocycles. The van der Waals surface area contributed by atoms with Gasteiger partial charge in [-0.2, -0.15) is 0 Å². The Bertz CT molecular complexity index is 944. The van der Waals surface area contributed by atoms with E-state index in [1.165, 1.54) is 19.3 Å². The molecule has 0 spiro atoms. The van der Waals surface area contributed by atoms with E-state index >= 15 is 0 Å². The summed E-state index contributed by atoms with van der Waals surface area (Å²) in [6.45, 7) is 3.45. The molecule has 9 nitrogen and oxygen atoms in total. The van der Waals surface area contributed by atoms with Crippen LogP contribution in [0.2, 0.25) is 0 Å². The molecular weight excluding hydrogens is 605 g/mol. The van der Waals surface area contributed by atoms with Gasteiger partial charge in [-0.3, -0.25) is 18.6 Å². The summed E-state index contributed by atoms with van der Waals surface area (Å²) in [5.74, 6) is -0.944. The van der Waals surface area contributed by atoms with Crippen molar-refractivity contribution < 1.29 is 37.6 Å². The second-order valence-corrected chi connectivity index (χ2v) is 12.4. The van der Waals surface area contributed by atoms with Crippen molar-refractivity contribution in [3.63, 3.8) is 0 Å². The zero-order valence-electron chi connectivity index (χ0n) is 28.5. The molecule has 0 saturated heterocycles. The Morgan fingerprint density at radius 2 is 1.24 bits per heavy atom. The molecule has 0 aromatic heterocycles. The molecule has 0 heterocycles. The maximum Gasteiger partial charge on any atom is 0.472 e.